The van der Waals surface area contributed by atoms with Crippen LogP contribution in [0.3, 0.4) is 0 Å². The van der Waals surface area contributed by atoms with Crippen molar-refractivity contribution in [2.24, 2.45) is 17.4 Å². The van der Waals surface area contributed by atoms with Gasteiger partial charge in [0.2, 0.25) is 35.4 Å². The van der Waals surface area contributed by atoms with Gasteiger partial charge in [0.05, 0.1) is 36.2 Å². The number of hydrogen-bond acceptors (Lipinski definition) is 11. The highest BCUT2D eigenvalue weighted by Crippen LogP contribution is 2.08. The molecule has 13 N–H and O–H groups in total. The number of H-pyrrole nitrogens is 2. The summed E-state index contributed by atoms with van der Waals surface area (Å²) in [6, 6.07) is -7.90. The van der Waals surface area contributed by atoms with Crippen LogP contribution in [0.25, 0.3) is 0 Å². The van der Waals surface area contributed by atoms with E-state index in [-0.39, 0.29) is 38.0 Å². The van der Waals surface area contributed by atoms with Gasteiger partial charge in [0.15, 0.2) is 6.04 Å². The number of aliphatic hydroxyl groups is 1. The minimum Gasteiger partial charge on any atom is -0.480 e. The average Bonchev–Trinajstić information content (AvgIpc) is 3.74. The summed E-state index contributed by atoms with van der Waals surface area (Å²) in [6.45, 7) is 6.02. The van der Waals surface area contributed by atoms with E-state index in [1.54, 1.807) is 20.0 Å². The number of carbonyl (C=O) groups is 7. The second-order valence-corrected chi connectivity index (χ2v) is 12.2. The van der Waals surface area contributed by atoms with Gasteiger partial charge in [-0.1, -0.05) is 13.8 Å². The van der Waals surface area contributed by atoms with E-state index in [4.69, 9.17) is 11.5 Å². The van der Waals surface area contributed by atoms with E-state index in [0.717, 1.165) is 0 Å². The lowest BCUT2D eigenvalue weighted by atomic mass is 10.0. The van der Waals surface area contributed by atoms with E-state index in [9.17, 15) is 43.8 Å². The Morgan fingerprint density at radius 2 is 1.26 bits per heavy atom. The fourth-order valence-electron chi connectivity index (χ4n) is 4.67. The molecule has 0 aliphatic rings. The summed E-state index contributed by atoms with van der Waals surface area (Å²) >= 11 is 0. The lowest BCUT2D eigenvalue weighted by Gasteiger charge is -2.26. The first-order chi connectivity index (χ1) is 23.5. The van der Waals surface area contributed by atoms with Crippen molar-refractivity contribution in [3.05, 3.63) is 36.4 Å². The maximum atomic E-state index is 13.5. The van der Waals surface area contributed by atoms with E-state index in [1.165, 1.54) is 32.7 Å². The van der Waals surface area contributed by atoms with Crippen LogP contribution in [0.2, 0.25) is 0 Å². The molecule has 0 bridgehead atoms. The molecule has 20 heteroatoms. The number of aliphatic hydroxyl groups excluding tert-OH is 1. The molecule has 0 aliphatic heterocycles. The van der Waals surface area contributed by atoms with Crippen LogP contribution in [0.5, 0.6) is 0 Å². The van der Waals surface area contributed by atoms with Crippen LogP contribution >= 0.6 is 0 Å². The predicted octanol–water partition coefficient (Wildman–Crippen LogP) is -3.53. The molecule has 0 saturated carbocycles. The highest BCUT2D eigenvalue weighted by atomic mass is 16.4. The third kappa shape index (κ3) is 13.6. The number of aromatic amines is 2. The smallest absolute Gasteiger partial charge is 0.328 e. The average molecular weight is 706 g/mol. The molecule has 0 radical (unpaired) electrons. The number of primary amides is 1. The van der Waals surface area contributed by atoms with Crippen molar-refractivity contribution in [1.82, 2.24) is 46.5 Å². The molecular formula is C30H47N11O9. The van der Waals surface area contributed by atoms with Crippen LogP contribution < -0.4 is 38.1 Å². The maximum Gasteiger partial charge on any atom is 0.328 e. The zero-order valence-electron chi connectivity index (χ0n) is 28.3. The molecule has 0 fully saturated rings. The zero-order chi connectivity index (χ0) is 37.5. The van der Waals surface area contributed by atoms with Gasteiger partial charge in [-0.3, -0.25) is 28.8 Å². The van der Waals surface area contributed by atoms with E-state index in [2.05, 4.69) is 46.5 Å². The SMILES string of the molecule is CC(C)C[C@H](NC(=O)[C@H](C)NC(=O)[C@H](CCC(N)=O)NC(=O)[C@H](Cc1c[nH]cn1)NC(=O)[C@@H](N)Cc1c[nH]cn1)C(=O)N[C@H](C(=O)O)[C@@H](C)O. The first kappa shape index (κ1) is 40.8. The monoisotopic (exact) mass is 705 g/mol. The third-order valence-electron chi connectivity index (χ3n) is 7.37. The number of nitrogens with two attached hydrogens (primary N) is 2. The Hall–Kier alpha value is -5.37. The van der Waals surface area contributed by atoms with Crippen LogP contribution in [-0.2, 0) is 46.4 Å². The molecule has 2 aromatic rings. The molecule has 0 spiro atoms. The summed E-state index contributed by atoms with van der Waals surface area (Å²) in [7, 11) is 0. The normalized spacial score (nSPS) is 15.3. The fraction of sp³-hybridized carbons (Fsp3) is 0.567. The minimum atomic E-state index is -1.63. The fourth-order valence-corrected chi connectivity index (χ4v) is 4.67. The molecule has 0 unspecified atom stereocenters. The molecule has 2 rings (SSSR count). The third-order valence-corrected chi connectivity index (χ3v) is 7.37. The Labute approximate surface area is 287 Å². The van der Waals surface area contributed by atoms with Crippen molar-refractivity contribution in [2.75, 3.05) is 0 Å². The molecule has 50 heavy (non-hydrogen) atoms. The number of imidazole rings is 2. The Balaban J connectivity index is 2.18. The molecule has 6 amide bonds. The summed E-state index contributed by atoms with van der Waals surface area (Å²) in [5.74, 6) is -6.45. The van der Waals surface area contributed by atoms with Gasteiger partial charge >= 0.3 is 5.97 Å². The van der Waals surface area contributed by atoms with Crippen LogP contribution in [0.15, 0.2) is 25.0 Å². The standard InChI is InChI=1S/C30H47N11O9/c1-14(2)7-21(29(48)41-24(16(4)42)30(49)50)39-25(44)15(3)37-27(46)20(5-6-23(32)43)38-28(47)22(9-18-11-34-13-36-18)40-26(45)19(31)8-17-10-33-12-35-17/h10-16,19-22,24,42H,5-9,31H2,1-4H3,(H2,32,43)(H,33,35)(H,34,36)(H,37,46)(H,38,47)(H,39,44)(H,40,45)(H,41,48)(H,49,50)/t15-,16+,19-,20-,21-,22-,24-/m0/s1. The summed E-state index contributed by atoms with van der Waals surface area (Å²) < 4.78 is 0. The van der Waals surface area contributed by atoms with Crippen LogP contribution in [0.4, 0.5) is 0 Å². The number of carbonyl (C=O) groups excluding carboxylic acids is 6. The lowest BCUT2D eigenvalue weighted by Crippen LogP contribution is -2.59. The van der Waals surface area contributed by atoms with Crippen molar-refractivity contribution in [3.63, 3.8) is 0 Å². The van der Waals surface area contributed by atoms with Crippen LogP contribution in [0, 0.1) is 5.92 Å². The number of aromatic nitrogens is 4. The van der Waals surface area contributed by atoms with Gasteiger partial charge in [0.25, 0.3) is 0 Å². The zero-order valence-corrected chi connectivity index (χ0v) is 28.3. The second kappa shape index (κ2) is 19.6. The molecule has 2 heterocycles. The molecule has 7 atom stereocenters. The molecule has 0 aliphatic carbocycles. The van der Waals surface area contributed by atoms with Crippen molar-refractivity contribution < 1.29 is 43.8 Å². The number of nitrogens with one attached hydrogen (secondary N) is 7. The molecule has 2 aromatic heterocycles. The summed E-state index contributed by atoms with van der Waals surface area (Å²) in [6.07, 6.45) is 3.91. The molecule has 276 valence electrons. The molecule has 0 saturated heterocycles. The van der Waals surface area contributed by atoms with Gasteiger partial charge < -0.3 is 58.2 Å². The lowest BCUT2D eigenvalue weighted by molar-refractivity contribution is -0.145. The van der Waals surface area contributed by atoms with Crippen molar-refractivity contribution in [3.8, 4) is 0 Å². The van der Waals surface area contributed by atoms with Gasteiger partial charge in [-0.25, -0.2) is 14.8 Å². The number of aliphatic carboxylic acids is 1. The van der Waals surface area contributed by atoms with Gasteiger partial charge in [-0.15, -0.1) is 0 Å². The first-order valence-electron chi connectivity index (χ1n) is 15.9. The van der Waals surface area contributed by atoms with Crippen LogP contribution in [-0.4, -0.2) is 114 Å². The number of rotatable bonds is 21. The topological polar surface area (TPSA) is 330 Å². The van der Waals surface area contributed by atoms with Crippen molar-refractivity contribution in [1.29, 1.82) is 0 Å². The van der Waals surface area contributed by atoms with Gasteiger partial charge in [0, 0.05) is 31.7 Å². The quantitative estimate of drug-likeness (QED) is 0.0602. The van der Waals surface area contributed by atoms with Crippen molar-refractivity contribution in [2.45, 2.75) is 102 Å². The van der Waals surface area contributed by atoms with E-state index in [0.29, 0.717) is 11.4 Å². The molecule has 0 aromatic carbocycles. The summed E-state index contributed by atoms with van der Waals surface area (Å²) in [4.78, 5) is 103. The number of hydrogen-bond donors (Lipinski definition) is 11. The van der Waals surface area contributed by atoms with Gasteiger partial charge in [0.1, 0.15) is 24.2 Å². The predicted molar refractivity (Wildman–Crippen MR) is 175 cm³/mol. The molecular weight excluding hydrogens is 658 g/mol. The highest BCUT2D eigenvalue weighted by molar-refractivity contribution is 5.96. The van der Waals surface area contributed by atoms with Gasteiger partial charge in [-0.2, -0.15) is 0 Å². The Morgan fingerprint density at radius 1 is 0.740 bits per heavy atom. The van der Waals surface area contributed by atoms with Gasteiger partial charge in [-0.05, 0) is 32.6 Å². The minimum absolute atomic E-state index is 0.0655. The Kier molecular flexibility index (Phi) is 16.0. The van der Waals surface area contributed by atoms with E-state index in [1.807, 2.05) is 0 Å². The number of amides is 6. The molecule has 20 nitrogen and oxygen atoms in total. The second-order valence-electron chi connectivity index (χ2n) is 12.2. The Bertz CT molecular complexity index is 1450. The summed E-state index contributed by atoms with van der Waals surface area (Å²) in [5.41, 5.74) is 12.2. The first-order valence-corrected chi connectivity index (χ1v) is 15.9. The van der Waals surface area contributed by atoms with Crippen molar-refractivity contribution >= 4 is 41.4 Å². The largest absolute Gasteiger partial charge is 0.480 e. The van der Waals surface area contributed by atoms with Crippen LogP contribution in [0.1, 0.15) is 58.3 Å². The van der Waals surface area contributed by atoms with E-state index < -0.39 is 83.8 Å². The highest BCUT2D eigenvalue weighted by Gasteiger charge is 2.33. The van der Waals surface area contributed by atoms with E-state index >= 15 is 0 Å². The number of carboxylic acid groups (broad SMARTS) is 1. The Morgan fingerprint density at radius 3 is 1.76 bits per heavy atom. The number of nitrogens with zero attached hydrogens (tertiary/aromatic N) is 2. The maximum absolute atomic E-state index is 13.5. The number of carboxylic acids is 1. The summed E-state index contributed by atoms with van der Waals surface area (Å²) in [5, 5.41) is 31.3.